The van der Waals surface area contributed by atoms with Crippen LogP contribution in [0.25, 0.3) is 0 Å². The largest absolute Gasteiger partial charge is 0.383 e. The molecule has 1 heterocycles. The summed E-state index contributed by atoms with van der Waals surface area (Å²) in [7, 11) is 4.84. The van der Waals surface area contributed by atoms with Gasteiger partial charge in [0.25, 0.3) is 6.43 Å². The summed E-state index contributed by atoms with van der Waals surface area (Å²) >= 11 is 1.41. The number of rotatable bonds is 10. The second-order valence-corrected chi connectivity index (χ2v) is 5.30. The average Bonchev–Trinajstić information content (AvgIpc) is 2.78. The molecule has 5 nitrogen and oxygen atoms in total. The van der Waals surface area contributed by atoms with Crippen molar-refractivity contribution in [3.05, 3.63) is 10.6 Å². The molecule has 1 rings (SSSR count). The van der Waals surface area contributed by atoms with E-state index in [1.165, 1.54) is 16.2 Å². The molecule has 1 aromatic rings. The SMILES string of the molecule is COCCNCc1sc(N(C)CC(F)F)nc1COC. The Bertz CT molecular complexity index is 391. The maximum Gasteiger partial charge on any atom is 0.255 e. The van der Waals surface area contributed by atoms with Gasteiger partial charge in [-0.15, -0.1) is 11.3 Å². The van der Waals surface area contributed by atoms with Crippen molar-refractivity contribution in [2.45, 2.75) is 19.6 Å². The number of nitrogens with one attached hydrogen (secondary N) is 1. The topological polar surface area (TPSA) is 46.6 Å². The number of thiazole rings is 1. The minimum absolute atomic E-state index is 0.323. The van der Waals surface area contributed by atoms with Gasteiger partial charge in [0.05, 0.1) is 25.5 Å². The predicted molar refractivity (Wildman–Crippen MR) is 75.7 cm³/mol. The summed E-state index contributed by atoms with van der Waals surface area (Å²) in [5.41, 5.74) is 0.790. The normalized spacial score (nSPS) is 11.3. The van der Waals surface area contributed by atoms with Crippen LogP contribution >= 0.6 is 11.3 Å². The lowest BCUT2D eigenvalue weighted by Crippen LogP contribution is -2.23. The molecule has 116 valence electrons. The molecule has 8 heteroatoms. The summed E-state index contributed by atoms with van der Waals surface area (Å²) in [5, 5.41) is 3.80. The van der Waals surface area contributed by atoms with E-state index >= 15 is 0 Å². The molecule has 0 saturated heterocycles. The van der Waals surface area contributed by atoms with E-state index < -0.39 is 6.43 Å². The van der Waals surface area contributed by atoms with Crippen LogP contribution in [-0.4, -0.2) is 52.4 Å². The molecule has 1 aromatic heterocycles. The number of hydrogen-bond acceptors (Lipinski definition) is 6. The van der Waals surface area contributed by atoms with Gasteiger partial charge in [0.2, 0.25) is 0 Å². The average molecular weight is 309 g/mol. The lowest BCUT2D eigenvalue weighted by molar-refractivity contribution is 0.156. The molecule has 0 spiro atoms. The van der Waals surface area contributed by atoms with Gasteiger partial charge in [0, 0.05) is 39.2 Å². The maximum atomic E-state index is 12.4. The van der Waals surface area contributed by atoms with Gasteiger partial charge >= 0.3 is 0 Å². The van der Waals surface area contributed by atoms with E-state index in [0.717, 1.165) is 17.1 Å². The van der Waals surface area contributed by atoms with E-state index in [-0.39, 0.29) is 6.54 Å². The van der Waals surface area contributed by atoms with Crippen molar-refractivity contribution >= 4 is 16.5 Å². The Kier molecular flexibility index (Phi) is 7.90. The van der Waals surface area contributed by atoms with Crippen molar-refractivity contribution in [1.82, 2.24) is 10.3 Å². The maximum absolute atomic E-state index is 12.4. The van der Waals surface area contributed by atoms with Crippen LogP contribution in [0, 0.1) is 0 Å². The van der Waals surface area contributed by atoms with Crippen LogP contribution in [0.15, 0.2) is 0 Å². The number of ether oxygens (including phenoxy) is 2. The fraction of sp³-hybridized carbons (Fsp3) is 0.750. The van der Waals surface area contributed by atoms with Crippen LogP contribution in [0.4, 0.5) is 13.9 Å². The molecular weight excluding hydrogens is 288 g/mol. The van der Waals surface area contributed by atoms with Gasteiger partial charge in [-0.05, 0) is 0 Å². The molecule has 0 radical (unpaired) electrons. The molecule has 0 aliphatic heterocycles. The Morgan fingerprint density at radius 3 is 2.70 bits per heavy atom. The van der Waals surface area contributed by atoms with Crippen LogP contribution in [0.5, 0.6) is 0 Å². The summed E-state index contributed by atoms with van der Waals surface area (Å²) in [4.78, 5) is 6.83. The van der Waals surface area contributed by atoms with Crippen molar-refractivity contribution in [2.75, 3.05) is 45.9 Å². The molecule has 0 aromatic carbocycles. The number of anilines is 1. The number of alkyl halides is 2. The Hall–Kier alpha value is -0.830. The van der Waals surface area contributed by atoms with Gasteiger partial charge in [0.1, 0.15) is 0 Å². The Morgan fingerprint density at radius 1 is 1.35 bits per heavy atom. The highest BCUT2D eigenvalue weighted by molar-refractivity contribution is 7.15. The molecule has 1 N–H and O–H groups in total. The minimum Gasteiger partial charge on any atom is -0.383 e. The summed E-state index contributed by atoms with van der Waals surface area (Å²) in [6.07, 6.45) is -2.38. The van der Waals surface area contributed by atoms with E-state index in [4.69, 9.17) is 9.47 Å². The van der Waals surface area contributed by atoms with Gasteiger partial charge in [0.15, 0.2) is 5.13 Å². The second-order valence-electron chi connectivity index (χ2n) is 4.24. The number of aromatic nitrogens is 1. The first-order chi connectivity index (χ1) is 9.58. The van der Waals surface area contributed by atoms with Crippen molar-refractivity contribution in [2.24, 2.45) is 0 Å². The Balaban J connectivity index is 2.68. The molecule has 0 amide bonds. The second kappa shape index (κ2) is 9.17. The van der Waals surface area contributed by atoms with Gasteiger partial charge in [-0.25, -0.2) is 13.8 Å². The molecule has 0 atom stereocenters. The van der Waals surface area contributed by atoms with E-state index in [9.17, 15) is 8.78 Å². The first kappa shape index (κ1) is 17.2. The monoisotopic (exact) mass is 309 g/mol. The first-order valence-corrected chi connectivity index (χ1v) is 7.06. The van der Waals surface area contributed by atoms with Crippen LogP contribution in [0.1, 0.15) is 10.6 Å². The lowest BCUT2D eigenvalue weighted by Gasteiger charge is -2.14. The van der Waals surface area contributed by atoms with Crippen LogP contribution in [-0.2, 0) is 22.6 Å². The Labute approximate surface area is 121 Å². The number of halogens is 2. The smallest absolute Gasteiger partial charge is 0.255 e. The lowest BCUT2D eigenvalue weighted by atomic mass is 10.3. The van der Waals surface area contributed by atoms with Crippen LogP contribution in [0.3, 0.4) is 0 Å². The zero-order chi connectivity index (χ0) is 15.0. The molecule has 0 saturated carbocycles. The third-order valence-electron chi connectivity index (χ3n) is 2.55. The highest BCUT2D eigenvalue weighted by Crippen LogP contribution is 2.26. The quantitative estimate of drug-likeness (QED) is 0.667. The van der Waals surface area contributed by atoms with E-state index in [2.05, 4.69) is 10.3 Å². The standard InChI is InChI=1S/C12H21F2N3O2S/c1-17(7-11(13)14)12-16-9(8-19-3)10(20-12)6-15-4-5-18-2/h11,15H,4-8H2,1-3H3. The third kappa shape index (κ3) is 5.66. The third-order valence-corrected chi connectivity index (χ3v) is 3.77. The fourth-order valence-corrected chi connectivity index (χ4v) is 2.59. The summed E-state index contributed by atoms with van der Waals surface area (Å²) in [6, 6.07) is 0. The van der Waals surface area contributed by atoms with Gasteiger partial charge in [-0.3, -0.25) is 0 Å². The van der Waals surface area contributed by atoms with Crippen LogP contribution in [0.2, 0.25) is 0 Å². The van der Waals surface area contributed by atoms with Gasteiger partial charge < -0.3 is 19.7 Å². The van der Waals surface area contributed by atoms with Crippen LogP contribution < -0.4 is 10.2 Å². The van der Waals surface area contributed by atoms with Crippen molar-refractivity contribution in [3.63, 3.8) is 0 Å². The molecule has 0 fully saturated rings. The van der Waals surface area contributed by atoms with E-state index in [0.29, 0.717) is 24.9 Å². The van der Waals surface area contributed by atoms with Crippen molar-refractivity contribution in [3.8, 4) is 0 Å². The van der Waals surface area contributed by atoms with Crippen molar-refractivity contribution < 1.29 is 18.3 Å². The molecular formula is C12H21F2N3O2S. The summed E-state index contributed by atoms with van der Waals surface area (Å²) in [6.45, 7) is 2.03. The zero-order valence-electron chi connectivity index (χ0n) is 12.0. The molecule has 0 unspecified atom stereocenters. The predicted octanol–water partition coefficient (Wildman–Crippen LogP) is 1.73. The van der Waals surface area contributed by atoms with Gasteiger partial charge in [-0.2, -0.15) is 0 Å². The fourth-order valence-electron chi connectivity index (χ4n) is 1.58. The minimum atomic E-state index is -2.38. The molecule has 0 aliphatic carbocycles. The van der Waals surface area contributed by atoms with Crippen molar-refractivity contribution in [1.29, 1.82) is 0 Å². The summed E-state index contributed by atoms with van der Waals surface area (Å²) < 4.78 is 34.8. The highest BCUT2D eigenvalue weighted by atomic mass is 32.1. The van der Waals surface area contributed by atoms with E-state index in [1.807, 2.05) is 0 Å². The molecule has 0 aliphatic rings. The number of hydrogen-bond donors (Lipinski definition) is 1. The van der Waals surface area contributed by atoms with Gasteiger partial charge in [-0.1, -0.05) is 0 Å². The Morgan fingerprint density at radius 2 is 2.10 bits per heavy atom. The highest BCUT2D eigenvalue weighted by Gasteiger charge is 2.16. The first-order valence-electron chi connectivity index (χ1n) is 6.25. The zero-order valence-corrected chi connectivity index (χ0v) is 12.8. The molecule has 20 heavy (non-hydrogen) atoms. The summed E-state index contributed by atoms with van der Waals surface area (Å²) in [5.74, 6) is 0. The number of nitrogens with zero attached hydrogens (tertiary/aromatic N) is 2. The van der Waals surface area contributed by atoms with E-state index in [1.54, 1.807) is 21.3 Å². The number of methoxy groups -OCH3 is 2. The molecule has 0 bridgehead atoms.